The molecule has 5 aromatic rings. The highest BCUT2D eigenvalue weighted by Crippen LogP contribution is 2.39. The Morgan fingerprint density at radius 2 is 1.48 bits per heavy atom. The van der Waals surface area contributed by atoms with Crippen LogP contribution in [-0.2, 0) is 6.42 Å². The van der Waals surface area contributed by atoms with E-state index in [0.29, 0.717) is 17.9 Å². The van der Waals surface area contributed by atoms with Crippen LogP contribution in [-0.4, -0.2) is 73.8 Å². The predicted molar refractivity (Wildman–Crippen MR) is 171 cm³/mol. The molecule has 7 rings (SSSR count). The highest BCUT2D eigenvalue weighted by Gasteiger charge is 2.30. The molecule has 4 heterocycles. The third-order valence-corrected chi connectivity index (χ3v) is 10.3. The summed E-state index contributed by atoms with van der Waals surface area (Å²) in [7, 11) is 2.22. The van der Waals surface area contributed by atoms with Crippen molar-refractivity contribution in [2.75, 3.05) is 39.0 Å². The van der Waals surface area contributed by atoms with E-state index < -0.39 is 0 Å². The molecule has 1 aliphatic carbocycles. The number of rotatable bonds is 6. The Bertz CT molecular complexity index is 1660. The molecule has 1 aliphatic heterocycles. The van der Waals surface area contributed by atoms with E-state index in [1.54, 1.807) is 17.7 Å². The van der Waals surface area contributed by atoms with Crippen molar-refractivity contribution in [1.29, 1.82) is 0 Å². The van der Waals surface area contributed by atoms with E-state index in [1.165, 1.54) is 49.5 Å². The number of piperazine rings is 1. The summed E-state index contributed by atoms with van der Waals surface area (Å²) in [6.07, 6.45) is 7.11. The second-order valence-electron chi connectivity index (χ2n) is 11.6. The zero-order valence-electron chi connectivity index (χ0n) is 24.4. The van der Waals surface area contributed by atoms with Crippen molar-refractivity contribution in [2.45, 2.75) is 51.1 Å². The number of thiazole rings is 1. The topological polar surface area (TPSA) is 89.0 Å². The minimum Gasteiger partial charge on any atom is -0.383 e. The third kappa shape index (κ3) is 5.10. The minimum atomic E-state index is 0.317. The summed E-state index contributed by atoms with van der Waals surface area (Å²) in [6, 6.07) is 20.0. The van der Waals surface area contributed by atoms with Crippen LogP contribution < -0.4 is 5.73 Å². The van der Waals surface area contributed by atoms with E-state index in [-0.39, 0.29) is 0 Å². The van der Waals surface area contributed by atoms with Crippen molar-refractivity contribution in [3.05, 3.63) is 65.8 Å². The molecule has 0 atom stereocenters. The molecule has 216 valence electrons. The number of aromatic nitrogens is 5. The van der Waals surface area contributed by atoms with Gasteiger partial charge in [0.2, 0.25) is 0 Å². The molecule has 0 radical (unpaired) electrons. The second-order valence-corrected chi connectivity index (χ2v) is 12.7. The van der Waals surface area contributed by atoms with Crippen molar-refractivity contribution in [3.8, 4) is 33.1 Å². The number of likely N-dealkylation sites (N-methyl/N-ethyl adjacent to an activating group) is 1. The van der Waals surface area contributed by atoms with Crippen LogP contribution in [0, 0.1) is 0 Å². The van der Waals surface area contributed by atoms with E-state index in [4.69, 9.17) is 15.8 Å². The molecular weight excluding hydrogens is 540 g/mol. The average Bonchev–Trinajstić information content (AvgIpc) is 3.65. The van der Waals surface area contributed by atoms with Gasteiger partial charge in [0.25, 0.3) is 0 Å². The molecule has 42 heavy (non-hydrogen) atoms. The van der Waals surface area contributed by atoms with Crippen LogP contribution in [0.5, 0.6) is 0 Å². The number of fused-ring (bicyclic) bond motifs is 1. The highest BCUT2D eigenvalue weighted by atomic mass is 32.1. The Morgan fingerprint density at radius 3 is 2.19 bits per heavy atom. The Balaban J connectivity index is 1.16. The maximum absolute atomic E-state index is 6.46. The summed E-state index contributed by atoms with van der Waals surface area (Å²) in [5, 5.41) is 7.05. The fourth-order valence-corrected chi connectivity index (χ4v) is 7.64. The number of hydrogen-bond acceptors (Lipinski definition) is 8. The maximum Gasteiger partial charge on any atom is 0.164 e. The third-order valence-electron chi connectivity index (χ3n) is 9.06. The lowest BCUT2D eigenvalue weighted by atomic mass is 9.90. The van der Waals surface area contributed by atoms with Crippen LogP contribution in [0.2, 0.25) is 0 Å². The number of benzene rings is 2. The van der Waals surface area contributed by atoms with Crippen molar-refractivity contribution >= 4 is 28.2 Å². The Labute approximate surface area is 251 Å². The summed E-state index contributed by atoms with van der Waals surface area (Å²) in [5.74, 6) is 0.483. The zero-order chi connectivity index (χ0) is 28.6. The first-order chi connectivity index (χ1) is 20.6. The van der Waals surface area contributed by atoms with Crippen molar-refractivity contribution in [3.63, 3.8) is 0 Å². The Hall–Kier alpha value is -3.66. The van der Waals surface area contributed by atoms with Gasteiger partial charge in [0, 0.05) is 53.8 Å². The van der Waals surface area contributed by atoms with E-state index in [2.05, 4.69) is 87.0 Å². The van der Waals surface area contributed by atoms with Crippen LogP contribution >= 0.6 is 11.3 Å². The van der Waals surface area contributed by atoms with Gasteiger partial charge in [0.1, 0.15) is 22.8 Å². The monoisotopic (exact) mass is 578 g/mol. The molecule has 8 nitrogen and oxygen atoms in total. The van der Waals surface area contributed by atoms with Gasteiger partial charge in [-0.05, 0) is 39.2 Å². The standard InChI is InChI=1S/C33H38N8S/c1-3-27-29(22-7-5-4-6-8-22)37-33(42-27)24-11-9-23(10-12-24)30-28-31(34)35-21-36-32(28)41(38-30)26-15-13-25(14-16-26)40-19-17-39(2)18-20-40/h4-12,21,25-26H,3,13-20H2,1-2H3,(H2,34,35,36). The summed E-state index contributed by atoms with van der Waals surface area (Å²) < 4.78 is 2.14. The van der Waals surface area contributed by atoms with Gasteiger partial charge in [0.15, 0.2) is 5.65 Å². The molecule has 2 aromatic carbocycles. The number of nitrogens with zero attached hydrogens (tertiary/aromatic N) is 7. The summed E-state index contributed by atoms with van der Waals surface area (Å²) in [6.45, 7) is 6.88. The highest BCUT2D eigenvalue weighted by molar-refractivity contribution is 7.15. The van der Waals surface area contributed by atoms with Gasteiger partial charge in [0.05, 0.1) is 17.1 Å². The number of anilines is 1. The molecule has 9 heteroatoms. The fourth-order valence-electron chi connectivity index (χ4n) is 6.61. The Morgan fingerprint density at radius 1 is 0.810 bits per heavy atom. The van der Waals surface area contributed by atoms with Crippen LogP contribution in [0.4, 0.5) is 5.82 Å². The van der Waals surface area contributed by atoms with E-state index in [0.717, 1.165) is 57.8 Å². The van der Waals surface area contributed by atoms with Gasteiger partial charge in [-0.2, -0.15) is 5.10 Å². The van der Waals surface area contributed by atoms with Gasteiger partial charge in [-0.1, -0.05) is 61.5 Å². The normalized spacial score (nSPS) is 20.3. The zero-order valence-corrected chi connectivity index (χ0v) is 25.2. The first kappa shape index (κ1) is 27.2. The molecule has 2 fully saturated rings. The van der Waals surface area contributed by atoms with Crippen molar-refractivity contribution < 1.29 is 0 Å². The molecule has 3 aromatic heterocycles. The quantitative estimate of drug-likeness (QED) is 0.258. The van der Waals surface area contributed by atoms with Crippen LogP contribution in [0.3, 0.4) is 0 Å². The van der Waals surface area contributed by atoms with Crippen LogP contribution in [0.15, 0.2) is 60.9 Å². The van der Waals surface area contributed by atoms with E-state index >= 15 is 0 Å². The molecule has 0 amide bonds. The fraction of sp³-hybridized carbons (Fsp3) is 0.394. The number of nitrogen functional groups attached to an aromatic ring is 1. The average molecular weight is 579 g/mol. The largest absolute Gasteiger partial charge is 0.383 e. The molecule has 2 N–H and O–H groups in total. The maximum atomic E-state index is 6.46. The number of aryl methyl sites for hydroxylation is 1. The summed E-state index contributed by atoms with van der Waals surface area (Å²) >= 11 is 1.77. The second kappa shape index (κ2) is 11.6. The molecule has 0 spiro atoms. The van der Waals surface area contributed by atoms with E-state index in [1.807, 2.05) is 6.07 Å². The molecular formula is C33H38N8S. The lowest BCUT2D eigenvalue weighted by Crippen LogP contribution is -2.49. The molecule has 0 unspecified atom stereocenters. The SMILES string of the molecule is CCc1sc(-c2ccc(-c3nn(C4CCC(N5CCN(C)CC5)CC4)c4ncnc(N)c34)cc2)nc1-c1ccccc1. The summed E-state index contributed by atoms with van der Waals surface area (Å²) in [4.78, 5) is 20.5. The lowest BCUT2D eigenvalue weighted by molar-refractivity contribution is 0.0815. The Kier molecular flexibility index (Phi) is 7.48. The molecule has 1 saturated heterocycles. The number of hydrogen-bond donors (Lipinski definition) is 1. The smallest absolute Gasteiger partial charge is 0.164 e. The lowest BCUT2D eigenvalue weighted by Gasteiger charge is -2.41. The van der Waals surface area contributed by atoms with Gasteiger partial charge in [-0.25, -0.2) is 19.6 Å². The van der Waals surface area contributed by atoms with Gasteiger partial charge in [-0.3, -0.25) is 4.90 Å². The number of nitrogens with two attached hydrogens (primary N) is 1. The van der Waals surface area contributed by atoms with Crippen LogP contribution in [0.25, 0.3) is 44.1 Å². The van der Waals surface area contributed by atoms with E-state index in [9.17, 15) is 0 Å². The minimum absolute atomic E-state index is 0.317. The van der Waals surface area contributed by atoms with Gasteiger partial charge in [-0.15, -0.1) is 11.3 Å². The molecule has 1 saturated carbocycles. The first-order valence-electron chi connectivity index (χ1n) is 15.2. The van der Waals surface area contributed by atoms with Gasteiger partial charge < -0.3 is 10.6 Å². The van der Waals surface area contributed by atoms with Gasteiger partial charge >= 0.3 is 0 Å². The van der Waals surface area contributed by atoms with Crippen LogP contribution in [0.1, 0.15) is 43.5 Å². The molecule has 2 aliphatic rings. The van der Waals surface area contributed by atoms with Crippen molar-refractivity contribution in [2.24, 2.45) is 0 Å². The predicted octanol–water partition coefficient (Wildman–Crippen LogP) is 6.16. The molecule has 0 bridgehead atoms. The van der Waals surface area contributed by atoms with Crippen molar-refractivity contribution in [1.82, 2.24) is 34.5 Å². The summed E-state index contributed by atoms with van der Waals surface area (Å²) in [5.41, 5.74) is 12.5. The first-order valence-corrected chi connectivity index (χ1v) is 16.0.